The standard InChI is InChI=1S/C14H15BrN2O/c15-9-14(6-3-7-14)10-17-13(18)12-5-2-1-4-11(12)8-16-17/h1-2,4-5,8H,3,6-7,9-10H2. The SMILES string of the molecule is O=c1c2ccccc2cnn1CC1(CBr)CCC1. The van der Waals surface area contributed by atoms with Gasteiger partial charge in [-0.1, -0.05) is 40.5 Å². The van der Waals surface area contributed by atoms with Gasteiger partial charge in [-0.2, -0.15) is 5.10 Å². The summed E-state index contributed by atoms with van der Waals surface area (Å²) < 4.78 is 1.63. The smallest absolute Gasteiger partial charge is 0.267 e. The zero-order valence-corrected chi connectivity index (χ0v) is 11.7. The van der Waals surface area contributed by atoms with E-state index in [9.17, 15) is 4.79 Å². The van der Waals surface area contributed by atoms with E-state index in [4.69, 9.17) is 0 Å². The van der Waals surface area contributed by atoms with Crippen LogP contribution in [0, 0.1) is 5.41 Å². The molecule has 1 fully saturated rings. The van der Waals surface area contributed by atoms with Crippen molar-refractivity contribution in [1.82, 2.24) is 9.78 Å². The summed E-state index contributed by atoms with van der Waals surface area (Å²) in [5.41, 5.74) is 0.263. The highest BCUT2D eigenvalue weighted by atomic mass is 79.9. The Labute approximate surface area is 114 Å². The lowest BCUT2D eigenvalue weighted by atomic mass is 9.70. The van der Waals surface area contributed by atoms with E-state index in [1.165, 1.54) is 19.3 Å². The zero-order valence-electron chi connectivity index (χ0n) is 10.1. The fraction of sp³-hybridized carbons (Fsp3) is 0.429. The number of hydrogen-bond donors (Lipinski definition) is 0. The molecular weight excluding hydrogens is 292 g/mol. The molecule has 0 amide bonds. The van der Waals surface area contributed by atoms with Crippen LogP contribution in [-0.2, 0) is 6.54 Å². The first kappa shape index (κ1) is 11.9. The van der Waals surface area contributed by atoms with Gasteiger partial charge in [0.1, 0.15) is 0 Å². The van der Waals surface area contributed by atoms with E-state index in [0.29, 0.717) is 0 Å². The highest BCUT2D eigenvalue weighted by Gasteiger charge is 2.36. The number of benzene rings is 1. The third-order valence-electron chi connectivity index (χ3n) is 3.94. The Morgan fingerprint density at radius 3 is 2.78 bits per heavy atom. The Balaban J connectivity index is 2.03. The van der Waals surface area contributed by atoms with E-state index < -0.39 is 0 Å². The Bertz CT molecular complexity index is 625. The van der Waals surface area contributed by atoms with Gasteiger partial charge >= 0.3 is 0 Å². The van der Waals surface area contributed by atoms with Crippen LogP contribution in [0.15, 0.2) is 35.3 Å². The second-order valence-electron chi connectivity index (χ2n) is 5.18. The fourth-order valence-electron chi connectivity index (χ4n) is 2.57. The lowest BCUT2D eigenvalue weighted by molar-refractivity contribution is 0.131. The van der Waals surface area contributed by atoms with Crippen LogP contribution in [-0.4, -0.2) is 15.1 Å². The Kier molecular flexibility index (Phi) is 2.98. The fourth-order valence-corrected chi connectivity index (χ4v) is 3.31. The maximum absolute atomic E-state index is 12.3. The quantitative estimate of drug-likeness (QED) is 0.817. The average molecular weight is 307 g/mol. The summed E-state index contributed by atoms with van der Waals surface area (Å²) in [7, 11) is 0. The van der Waals surface area contributed by atoms with E-state index in [2.05, 4.69) is 21.0 Å². The lowest BCUT2D eigenvalue weighted by Gasteiger charge is -2.40. The minimum atomic E-state index is 0.0281. The highest BCUT2D eigenvalue weighted by molar-refractivity contribution is 9.09. The van der Waals surface area contributed by atoms with Gasteiger partial charge in [0.05, 0.1) is 18.1 Å². The summed E-state index contributed by atoms with van der Waals surface area (Å²) in [4.78, 5) is 12.3. The predicted molar refractivity (Wildman–Crippen MR) is 76.1 cm³/mol. The molecule has 1 saturated carbocycles. The van der Waals surface area contributed by atoms with Gasteiger partial charge in [0, 0.05) is 10.7 Å². The summed E-state index contributed by atoms with van der Waals surface area (Å²) in [6.45, 7) is 0.724. The summed E-state index contributed by atoms with van der Waals surface area (Å²) in [5, 5.41) is 6.93. The normalized spacial score (nSPS) is 17.6. The van der Waals surface area contributed by atoms with Gasteiger partial charge in [0.25, 0.3) is 5.56 Å². The topological polar surface area (TPSA) is 34.9 Å². The van der Waals surface area contributed by atoms with Crippen LogP contribution in [0.2, 0.25) is 0 Å². The molecule has 18 heavy (non-hydrogen) atoms. The van der Waals surface area contributed by atoms with Crippen molar-refractivity contribution in [1.29, 1.82) is 0 Å². The molecule has 3 rings (SSSR count). The van der Waals surface area contributed by atoms with Crippen molar-refractivity contribution in [2.24, 2.45) is 5.41 Å². The van der Waals surface area contributed by atoms with Crippen LogP contribution in [0.5, 0.6) is 0 Å². The van der Waals surface area contributed by atoms with Gasteiger partial charge in [-0.15, -0.1) is 0 Å². The second kappa shape index (κ2) is 4.50. The van der Waals surface area contributed by atoms with Crippen molar-refractivity contribution >= 4 is 26.7 Å². The Morgan fingerprint density at radius 1 is 1.33 bits per heavy atom. The van der Waals surface area contributed by atoms with Crippen LogP contribution in [0.1, 0.15) is 19.3 Å². The molecule has 0 unspecified atom stereocenters. The molecule has 0 bridgehead atoms. The largest absolute Gasteiger partial charge is 0.274 e. The van der Waals surface area contributed by atoms with Crippen LogP contribution in [0.4, 0.5) is 0 Å². The summed E-state index contributed by atoms with van der Waals surface area (Å²) in [5.74, 6) is 0. The molecule has 1 aromatic heterocycles. The van der Waals surface area contributed by atoms with Gasteiger partial charge < -0.3 is 0 Å². The Hall–Kier alpha value is -1.16. The van der Waals surface area contributed by atoms with E-state index >= 15 is 0 Å². The molecule has 3 nitrogen and oxygen atoms in total. The number of alkyl halides is 1. The maximum atomic E-state index is 12.3. The monoisotopic (exact) mass is 306 g/mol. The molecule has 1 heterocycles. The maximum Gasteiger partial charge on any atom is 0.274 e. The number of nitrogens with zero attached hydrogens (tertiary/aromatic N) is 2. The van der Waals surface area contributed by atoms with Crippen LogP contribution < -0.4 is 5.56 Å². The molecule has 0 radical (unpaired) electrons. The number of aromatic nitrogens is 2. The molecule has 0 saturated heterocycles. The van der Waals surface area contributed by atoms with Crippen molar-refractivity contribution < 1.29 is 0 Å². The predicted octanol–water partition coefficient (Wildman–Crippen LogP) is 2.96. The molecule has 1 aliphatic rings. The number of halogens is 1. The average Bonchev–Trinajstić information content (AvgIpc) is 2.37. The molecule has 0 atom stereocenters. The van der Waals surface area contributed by atoms with Crippen LogP contribution in [0.3, 0.4) is 0 Å². The molecule has 0 N–H and O–H groups in total. The van der Waals surface area contributed by atoms with Crippen molar-refractivity contribution in [3.8, 4) is 0 Å². The molecule has 1 aromatic carbocycles. The minimum Gasteiger partial charge on any atom is -0.267 e. The summed E-state index contributed by atoms with van der Waals surface area (Å²) in [6, 6.07) is 7.63. The van der Waals surface area contributed by atoms with E-state index in [0.717, 1.165) is 22.6 Å². The summed E-state index contributed by atoms with van der Waals surface area (Å²) in [6.07, 6.45) is 5.41. The molecular formula is C14H15BrN2O. The van der Waals surface area contributed by atoms with Gasteiger partial charge in [-0.25, -0.2) is 4.68 Å². The highest BCUT2D eigenvalue weighted by Crippen LogP contribution is 2.43. The first-order chi connectivity index (χ1) is 8.74. The van der Waals surface area contributed by atoms with Crippen molar-refractivity contribution in [3.63, 3.8) is 0 Å². The molecule has 1 aliphatic carbocycles. The Morgan fingerprint density at radius 2 is 2.11 bits per heavy atom. The van der Waals surface area contributed by atoms with Crippen molar-refractivity contribution in [2.75, 3.05) is 5.33 Å². The number of hydrogen-bond acceptors (Lipinski definition) is 2. The molecule has 0 spiro atoms. The molecule has 94 valence electrons. The zero-order chi connectivity index (χ0) is 12.6. The first-order valence-electron chi connectivity index (χ1n) is 6.25. The van der Waals surface area contributed by atoms with E-state index in [1.807, 2.05) is 24.3 Å². The van der Waals surface area contributed by atoms with Crippen LogP contribution in [0.25, 0.3) is 10.8 Å². The van der Waals surface area contributed by atoms with Gasteiger partial charge in [0.15, 0.2) is 0 Å². The molecule has 4 heteroatoms. The molecule has 2 aromatic rings. The first-order valence-corrected chi connectivity index (χ1v) is 7.37. The lowest BCUT2D eigenvalue weighted by Crippen LogP contribution is -2.39. The summed E-state index contributed by atoms with van der Waals surface area (Å²) >= 11 is 3.57. The van der Waals surface area contributed by atoms with Gasteiger partial charge in [0.2, 0.25) is 0 Å². The van der Waals surface area contributed by atoms with E-state index in [1.54, 1.807) is 10.9 Å². The third kappa shape index (κ3) is 1.88. The second-order valence-corrected chi connectivity index (χ2v) is 5.74. The van der Waals surface area contributed by atoms with Gasteiger partial charge in [-0.05, 0) is 24.3 Å². The van der Waals surface area contributed by atoms with E-state index in [-0.39, 0.29) is 11.0 Å². The van der Waals surface area contributed by atoms with Gasteiger partial charge in [-0.3, -0.25) is 4.79 Å². The number of rotatable bonds is 3. The molecule has 0 aliphatic heterocycles. The van der Waals surface area contributed by atoms with Crippen LogP contribution >= 0.6 is 15.9 Å². The third-order valence-corrected chi connectivity index (χ3v) is 5.13. The van der Waals surface area contributed by atoms with Crippen molar-refractivity contribution in [2.45, 2.75) is 25.8 Å². The van der Waals surface area contributed by atoms with Crippen molar-refractivity contribution in [3.05, 3.63) is 40.8 Å². The minimum absolute atomic E-state index is 0.0281. The number of fused-ring (bicyclic) bond motifs is 1.